The van der Waals surface area contributed by atoms with Crippen molar-refractivity contribution in [2.45, 2.75) is 33.6 Å². The van der Waals surface area contributed by atoms with Gasteiger partial charge in [0.05, 0.1) is 0 Å². The number of benzene rings is 1. The van der Waals surface area contributed by atoms with Crippen LogP contribution in [0.15, 0.2) is 24.8 Å². The third kappa shape index (κ3) is 3.05. The molecular formula is C17H21N3O. The molecule has 0 aliphatic heterocycles. The quantitative estimate of drug-likeness (QED) is 0.905. The lowest BCUT2D eigenvalue weighted by Gasteiger charge is -2.10. The third-order valence-corrected chi connectivity index (χ3v) is 3.23. The summed E-state index contributed by atoms with van der Waals surface area (Å²) < 4.78 is 0. The lowest BCUT2D eigenvalue weighted by molar-refractivity contribution is 0.459. The first-order valence-electron chi connectivity index (χ1n) is 7.16. The van der Waals surface area contributed by atoms with E-state index in [4.69, 9.17) is 0 Å². The van der Waals surface area contributed by atoms with Crippen molar-refractivity contribution in [1.29, 1.82) is 0 Å². The van der Waals surface area contributed by atoms with Crippen LogP contribution >= 0.6 is 0 Å². The molecule has 0 spiro atoms. The van der Waals surface area contributed by atoms with Gasteiger partial charge in [0.25, 0.3) is 0 Å². The van der Waals surface area contributed by atoms with Gasteiger partial charge in [-0.3, -0.25) is 0 Å². The van der Waals surface area contributed by atoms with E-state index < -0.39 is 0 Å². The van der Waals surface area contributed by atoms with E-state index in [1.807, 2.05) is 38.1 Å². The molecule has 1 aromatic carbocycles. The van der Waals surface area contributed by atoms with Crippen molar-refractivity contribution in [3.8, 4) is 11.4 Å². The normalized spacial score (nSPS) is 11.2. The number of nitrogens with zero attached hydrogens (tertiary/aromatic N) is 3. The van der Waals surface area contributed by atoms with Gasteiger partial charge in [-0.1, -0.05) is 32.1 Å². The molecule has 0 aliphatic rings. The van der Waals surface area contributed by atoms with Crippen molar-refractivity contribution in [3.63, 3.8) is 0 Å². The molecule has 0 bridgehead atoms. The summed E-state index contributed by atoms with van der Waals surface area (Å²) in [5.41, 5.74) is 4.06. The van der Waals surface area contributed by atoms with Gasteiger partial charge in [0, 0.05) is 0 Å². The third-order valence-electron chi connectivity index (χ3n) is 3.23. The molecule has 0 unspecified atom stereocenters. The maximum Gasteiger partial charge on any atom is 0.146 e. The van der Waals surface area contributed by atoms with Crippen molar-refractivity contribution >= 4 is 12.2 Å². The molecule has 2 aromatic rings. The van der Waals surface area contributed by atoms with Crippen LogP contribution in [0.1, 0.15) is 42.8 Å². The maximum atomic E-state index is 10.5. The van der Waals surface area contributed by atoms with Gasteiger partial charge < -0.3 is 5.11 Å². The number of allylic oxidation sites excluding steroid dienone is 1. The van der Waals surface area contributed by atoms with E-state index >= 15 is 0 Å². The molecule has 0 aliphatic carbocycles. The molecule has 110 valence electrons. The topological polar surface area (TPSA) is 50.9 Å². The van der Waals surface area contributed by atoms with Crippen LogP contribution in [-0.4, -0.2) is 20.1 Å². The molecule has 0 atom stereocenters. The number of rotatable bonds is 5. The molecule has 1 aromatic heterocycles. The van der Waals surface area contributed by atoms with E-state index in [0.717, 1.165) is 29.7 Å². The van der Waals surface area contributed by atoms with Gasteiger partial charge >= 0.3 is 0 Å². The smallest absolute Gasteiger partial charge is 0.146 e. The Bertz CT molecular complexity index is 684. The van der Waals surface area contributed by atoms with Gasteiger partial charge in [-0.2, -0.15) is 0 Å². The van der Waals surface area contributed by atoms with Gasteiger partial charge in [0.1, 0.15) is 22.8 Å². The average Bonchev–Trinajstić information content (AvgIpc) is 2.86. The van der Waals surface area contributed by atoms with Crippen LogP contribution in [-0.2, 0) is 6.42 Å². The molecule has 0 saturated carbocycles. The van der Waals surface area contributed by atoms with Crippen LogP contribution in [0.3, 0.4) is 0 Å². The van der Waals surface area contributed by atoms with E-state index in [0.29, 0.717) is 11.4 Å². The highest BCUT2D eigenvalue weighted by molar-refractivity contribution is 5.59. The summed E-state index contributed by atoms with van der Waals surface area (Å²) >= 11 is 0. The fourth-order valence-corrected chi connectivity index (χ4v) is 2.30. The van der Waals surface area contributed by atoms with Crippen LogP contribution < -0.4 is 0 Å². The highest BCUT2D eigenvalue weighted by Crippen LogP contribution is 2.28. The second-order valence-electron chi connectivity index (χ2n) is 5.01. The van der Waals surface area contributed by atoms with E-state index in [1.54, 1.807) is 6.08 Å². The largest absolute Gasteiger partial charge is 0.505 e. The summed E-state index contributed by atoms with van der Waals surface area (Å²) in [6.45, 7) is 9.78. The summed E-state index contributed by atoms with van der Waals surface area (Å²) in [5, 5.41) is 19.3. The van der Waals surface area contributed by atoms with Gasteiger partial charge in [-0.15, -0.1) is 15.0 Å². The Kier molecular flexibility index (Phi) is 4.58. The molecule has 0 radical (unpaired) electrons. The number of aromatic hydroxyl groups is 1. The number of aryl methyl sites for hydroxylation is 2. The number of aromatic nitrogens is 3. The van der Waals surface area contributed by atoms with Gasteiger partial charge in [0.15, 0.2) is 0 Å². The van der Waals surface area contributed by atoms with Crippen molar-refractivity contribution in [1.82, 2.24) is 15.0 Å². The minimum absolute atomic E-state index is 0.250. The zero-order chi connectivity index (χ0) is 15.4. The second kappa shape index (κ2) is 6.39. The molecule has 0 fully saturated rings. The zero-order valence-corrected chi connectivity index (χ0v) is 12.8. The van der Waals surface area contributed by atoms with Crippen LogP contribution in [0.5, 0.6) is 5.75 Å². The Morgan fingerprint density at radius 3 is 2.62 bits per heavy atom. The van der Waals surface area contributed by atoms with E-state index in [1.165, 1.54) is 4.80 Å². The summed E-state index contributed by atoms with van der Waals surface area (Å²) in [6, 6.07) is 3.90. The molecule has 4 nitrogen and oxygen atoms in total. The van der Waals surface area contributed by atoms with Crippen LogP contribution in [0, 0.1) is 6.92 Å². The first kappa shape index (κ1) is 15.0. The fraction of sp³-hybridized carbons (Fsp3) is 0.294. The van der Waals surface area contributed by atoms with Crippen molar-refractivity contribution in [2.24, 2.45) is 0 Å². The highest BCUT2D eigenvalue weighted by Gasteiger charge is 2.14. The second-order valence-corrected chi connectivity index (χ2v) is 5.01. The summed E-state index contributed by atoms with van der Waals surface area (Å²) in [4.78, 5) is 1.48. The predicted molar refractivity (Wildman–Crippen MR) is 86.6 cm³/mol. The minimum Gasteiger partial charge on any atom is -0.505 e. The average molecular weight is 283 g/mol. The van der Waals surface area contributed by atoms with E-state index in [-0.39, 0.29) is 5.75 Å². The monoisotopic (exact) mass is 283 g/mol. The Morgan fingerprint density at radius 2 is 2.00 bits per heavy atom. The zero-order valence-electron chi connectivity index (χ0n) is 12.8. The van der Waals surface area contributed by atoms with Gasteiger partial charge in [-0.25, -0.2) is 0 Å². The molecule has 0 saturated heterocycles. The maximum absolute atomic E-state index is 10.5. The molecular weight excluding hydrogens is 262 g/mol. The fourth-order valence-electron chi connectivity index (χ4n) is 2.30. The van der Waals surface area contributed by atoms with Crippen LogP contribution in [0.4, 0.5) is 0 Å². The Hall–Kier alpha value is -2.36. The number of hydrogen-bond donors (Lipinski definition) is 1. The first-order chi connectivity index (χ1) is 10.1. The standard InChI is InChI=1S/C17H21N3O/c1-5-8-13-10-12(4)11-16(17(13)21)20-18-14(7-3)15(19-20)9-6-2/h6-7,9-11,21H,3,5,8H2,1-2,4H3/b9-6-. The van der Waals surface area contributed by atoms with Crippen molar-refractivity contribution < 1.29 is 5.11 Å². The Morgan fingerprint density at radius 1 is 1.29 bits per heavy atom. The lowest BCUT2D eigenvalue weighted by atomic mass is 10.0. The molecule has 1 N–H and O–H groups in total. The minimum atomic E-state index is 0.250. The summed E-state index contributed by atoms with van der Waals surface area (Å²) in [5.74, 6) is 0.250. The summed E-state index contributed by atoms with van der Waals surface area (Å²) in [7, 11) is 0. The van der Waals surface area contributed by atoms with E-state index in [9.17, 15) is 5.11 Å². The Labute approximate surface area is 125 Å². The number of hydrogen-bond acceptors (Lipinski definition) is 3. The predicted octanol–water partition coefficient (Wildman–Crippen LogP) is 3.91. The SMILES string of the molecule is C=Cc1nn(-c2cc(C)cc(CCC)c2O)nc1/C=C\C. The van der Waals surface area contributed by atoms with E-state index in [2.05, 4.69) is 23.7 Å². The van der Waals surface area contributed by atoms with Gasteiger partial charge in [-0.05, 0) is 49.6 Å². The molecule has 1 heterocycles. The molecule has 0 amide bonds. The molecule has 2 rings (SSSR count). The number of phenolic OH excluding ortho intramolecular Hbond substituents is 1. The van der Waals surface area contributed by atoms with Crippen LogP contribution in [0.2, 0.25) is 0 Å². The van der Waals surface area contributed by atoms with Crippen LogP contribution in [0.25, 0.3) is 17.8 Å². The van der Waals surface area contributed by atoms with Crippen molar-refractivity contribution in [3.05, 3.63) is 47.3 Å². The Balaban J connectivity index is 2.58. The van der Waals surface area contributed by atoms with Crippen molar-refractivity contribution in [2.75, 3.05) is 0 Å². The number of phenols is 1. The lowest BCUT2D eigenvalue weighted by Crippen LogP contribution is -2.02. The molecule has 21 heavy (non-hydrogen) atoms. The highest BCUT2D eigenvalue weighted by atomic mass is 16.3. The van der Waals surface area contributed by atoms with Gasteiger partial charge in [0.2, 0.25) is 0 Å². The molecule has 4 heteroatoms. The summed E-state index contributed by atoms with van der Waals surface area (Å²) in [6.07, 6.45) is 7.25. The first-order valence-corrected chi connectivity index (χ1v) is 7.16.